The van der Waals surface area contributed by atoms with Crippen LogP contribution < -0.4 is 9.47 Å². The molecule has 0 unspecified atom stereocenters. The Kier molecular flexibility index (Phi) is 4.52. The van der Waals surface area contributed by atoms with Gasteiger partial charge in [-0.25, -0.2) is 4.98 Å². The molecule has 0 aliphatic heterocycles. The van der Waals surface area contributed by atoms with Crippen molar-refractivity contribution in [1.82, 2.24) is 9.97 Å². The van der Waals surface area contributed by atoms with E-state index in [1.54, 1.807) is 14.2 Å². The number of pyridine rings is 2. The largest absolute Gasteiger partial charge is 0.497 e. The van der Waals surface area contributed by atoms with Crippen LogP contribution in [-0.2, 0) is 0 Å². The van der Waals surface area contributed by atoms with Crippen LogP contribution in [0.15, 0.2) is 85.1 Å². The Bertz CT molecular complexity index is 1360. The quantitative estimate of drug-likeness (QED) is 0.345. The third-order valence-corrected chi connectivity index (χ3v) is 5.32. The molecular formula is C26H20N2O2. The monoisotopic (exact) mass is 392 g/mol. The van der Waals surface area contributed by atoms with Crippen LogP contribution >= 0.6 is 0 Å². The molecule has 0 aliphatic carbocycles. The minimum atomic E-state index is 0.725. The van der Waals surface area contributed by atoms with E-state index in [2.05, 4.69) is 41.4 Å². The molecule has 4 nitrogen and oxygen atoms in total. The average Bonchev–Trinajstić information content (AvgIpc) is 2.83. The second-order valence-electron chi connectivity index (χ2n) is 7.02. The van der Waals surface area contributed by atoms with Gasteiger partial charge in [-0.1, -0.05) is 36.4 Å². The zero-order chi connectivity index (χ0) is 20.5. The van der Waals surface area contributed by atoms with E-state index in [9.17, 15) is 0 Å². The van der Waals surface area contributed by atoms with Gasteiger partial charge in [-0.3, -0.25) is 4.98 Å². The van der Waals surface area contributed by atoms with Crippen molar-refractivity contribution in [2.75, 3.05) is 14.2 Å². The van der Waals surface area contributed by atoms with Crippen LogP contribution in [0.4, 0.5) is 0 Å². The number of methoxy groups -OCH3 is 2. The van der Waals surface area contributed by atoms with Crippen molar-refractivity contribution in [3.63, 3.8) is 0 Å². The first-order valence-electron chi connectivity index (χ1n) is 9.75. The highest BCUT2D eigenvalue weighted by molar-refractivity contribution is 6.12. The smallest absolute Gasteiger partial charge is 0.131 e. The fourth-order valence-electron chi connectivity index (χ4n) is 3.88. The fraction of sp³-hybridized carbons (Fsp3) is 0.0769. The molecule has 0 atom stereocenters. The summed E-state index contributed by atoms with van der Waals surface area (Å²) < 4.78 is 11.0. The molecule has 0 bridgehead atoms. The van der Waals surface area contributed by atoms with Crippen LogP contribution in [0.1, 0.15) is 0 Å². The summed E-state index contributed by atoms with van der Waals surface area (Å²) in [4.78, 5) is 9.53. The molecule has 3 aromatic carbocycles. The second kappa shape index (κ2) is 7.48. The standard InChI is InChI=1S/C26H20N2O2/c1-29-18-10-11-19(25(15-18)30-2)24-16-21(17-7-4-3-5-8-17)26-20-9-6-14-27-22(20)12-13-23(26)28-24/h3-16H,1-2H3. The molecule has 0 N–H and O–H groups in total. The Morgan fingerprint density at radius 2 is 1.53 bits per heavy atom. The number of aromatic nitrogens is 2. The third kappa shape index (κ3) is 3.03. The molecule has 4 heteroatoms. The van der Waals surface area contributed by atoms with Gasteiger partial charge in [0.05, 0.1) is 30.9 Å². The molecule has 5 aromatic rings. The van der Waals surface area contributed by atoms with Gasteiger partial charge in [0.1, 0.15) is 11.5 Å². The van der Waals surface area contributed by atoms with Gasteiger partial charge in [0, 0.05) is 28.6 Å². The van der Waals surface area contributed by atoms with Crippen molar-refractivity contribution < 1.29 is 9.47 Å². The molecule has 30 heavy (non-hydrogen) atoms. The lowest BCUT2D eigenvalue weighted by molar-refractivity contribution is 0.395. The Hall–Kier alpha value is -3.92. The summed E-state index contributed by atoms with van der Waals surface area (Å²) >= 11 is 0. The SMILES string of the molecule is COc1ccc(-c2cc(-c3ccccc3)c3c(ccc4ncccc43)n2)c(OC)c1. The van der Waals surface area contributed by atoms with Crippen molar-refractivity contribution in [2.45, 2.75) is 0 Å². The second-order valence-corrected chi connectivity index (χ2v) is 7.02. The first-order valence-corrected chi connectivity index (χ1v) is 9.75. The van der Waals surface area contributed by atoms with Crippen molar-refractivity contribution >= 4 is 21.8 Å². The van der Waals surface area contributed by atoms with Gasteiger partial charge in [0.25, 0.3) is 0 Å². The molecule has 146 valence electrons. The molecule has 0 fully saturated rings. The number of benzene rings is 3. The zero-order valence-electron chi connectivity index (χ0n) is 16.8. The molecule has 5 rings (SSSR count). The summed E-state index contributed by atoms with van der Waals surface area (Å²) in [7, 11) is 3.31. The van der Waals surface area contributed by atoms with Crippen molar-refractivity contribution in [3.05, 3.63) is 85.1 Å². The van der Waals surface area contributed by atoms with Crippen LogP contribution in [0.25, 0.3) is 44.2 Å². The van der Waals surface area contributed by atoms with Crippen LogP contribution in [0.5, 0.6) is 11.5 Å². The molecule has 0 amide bonds. The molecule has 2 heterocycles. The van der Waals surface area contributed by atoms with Gasteiger partial charge in [0.2, 0.25) is 0 Å². The van der Waals surface area contributed by atoms with Gasteiger partial charge < -0.3 is 9.47 Å². The Balaban J connectivity index is 1.86. The highest BCUT2D eigenvalue weighted by atomic mass is 16.5. The Labute approximate surface area is 174 Å². The average molecular weight is 392 g/mol. The van der Waals surface area contributed by atoms with Crippen molar-refractivity contribution in [2.24, 2.45) is 0 Å². The molecule has 0 spiro atoms. The molecule has 0 saturated carbocycles. The Morgan fingerprint density at radius 1 is 0.700 bits per heavy atom. The minimum Gasteiger partial charge on any atom is -0.497 e. The van der Waals surface area contributed by atoms with Crippen molar-refractivity contribution in [1.29, 1.82) is 0 Å². The van der Waals surface area contributed by atoms with Gasteiger partial charge >= 0.3 is 0 Å². The van der Waals surface area contributed by atoms with Crippen LogP contribution in [0, 0.1) is 0 Å². The van der Waals surface area contributed by atoms with E-state index in [0.717, 1.165) is 55.7 Å². The maximum absolute atomic E-state index is 5.64. The lowest BCUT2D eigenvalue weighted by atomic mass is 9.95. The van der Waals surface area contributed by atoms with E-state index in [-0.39, 0.29) is 0 Å². The normalized spacial score (nSPS) is 11.0. The minimum absolute atomic E-state index is 0.725. The maximum atomic E-state index is 5.64. The van der Waals surface area contributed by atoms with E-state index < -0.39 is 0 Å². The summed E-state index contributed by atoms with van der Waals surface area (Å²) in [5, 5.41) is 2.19. The van der Waals surface area contributed by atoms with Crippen molar-refractivity contribution in [3.8, 4) is 33.9 Å². The highest BCUT2D eigenvalue weighted by Gasteiger charge is 2.15. The first-order chi connectivity index (χ1) is 14.8. The third-order valence-electron chi connectivity index (χ3n) is 5.32. The van der Waals surface area contributed by atoms with Gasteiger partial charge in [-0.15, -0.1) is 0 Å². The Morgan fingerprint density at radius 3 is 2.33 bits per heavy atom. The first kappa shape index (κ1) is 18.1. The maximum Gasteiger partial charge on any atom is 0.131 e. The number of hydrogen-bond acceptors (Lipinski definition) is 4. The van der Waals surface area contributed by atoms with E-state index in [1.807, 2.05) is 48.7 Å². The predicted octanol–water partition coefficient (Wildman–Crippen LogP) is 6.13. The number of rotatable bonds is 4. The van der Waals surface area contributed by atoms with E-state index in [4.69, 9.17) is 14.5 Å². The van der Waals surface area contributed by atoms with E-state index in [0.29, 0.717) is 0 Å². The predicted molar refractivity (Wildman–Crippen MR) is 121 cm³/mol. The summed E-state index contributed by atoms with van der Waals surface area (Å²) in [6, 6.07) is 26.4. The zero-order valence-corrected chi connectivity index (χ0v) is 16.8. The number of ether oxygens (including phenoxy) is 2. The van der Waals surface area contributed by atoms with Crippen LogP contribution in [-0.4, -0.2) is 24.2 Å². The topological polar surface area (TPSA) is 44.2 Å². The van der Waals surface area contributed by atoms with Gasteiger partial charge in [0.15, 0.2) is 0 Å². The molecule has 0 aliphatic rings. The highest BCUT2D eigenvalue weighted by Crippen LogP contribution is 2.39. The summed E-state index contributed by atoms with van der Waals surface area (Å²) in [6.07, 6.45) is 1.82. The van der Waals surface area contributed by atoms with Gasteiger partial charge in [-0.2, -0.15) is 0 Å². The molecule has 0 radical (unpaired) electrons. The molecular weight excluding hydrogens is 372 g/mol. The fourth-order valence-corrected chi connectivity index (χ4v) is 3.88. The van der Waals surface area contributed by atoms with Gasteiger partial charge in [-0.05, 0) is 47.5 Å². The lowest BCUT2D eigenvalue weighted by Crippen LogP contribution is -1.95. The lowest BCUT2D eigenvalue weighted by Gasteiger charge is -2.15. The number of nitrogens with zero attached hydrogens (tertiary/aromatic N) is 2. The molecule has 2 aromatic heterocycles. The van der Waals surface area contributed by atoms with E-state index >= 15 is 0 Å². The van der Waals surface area contributed by atoms with Crippen LogP contribution in [0.3, 0.4) is 0 Å². The van der Waals surface area contributed by atoms with Crippen LogP contribution in [0.2, 0.25) is 0 Å². The van der Waals surface area contributed by atoms with E-state index in [1.165, 1.54) is 0 Å². The summed E-state index contributed by atoms with van der Waals surface area (Å²) in [5.41, 5.74) is 5.90. The summed E-state index contributed by atoms with van der Waals surface area (Å²) in [6.45, 7) is 0. The number of hydrogen-bond donors (Lipinski definition) is 0. The summed E-state index contributed by atoms with van der Waals surface area (Å²) in [5.74, 6) is 1.47. The number of fused-ring (bicyclic) bond motifs is 3. The molecule has 0 saturated heterocycles.